The van der Waals surface area contributed by atoms with Crippen LogP contribution in [0.5, 0.6) is 0 Å². The van der Waals surface area contributed by atoms with Crippen LogP contribution in [0.15, 0.2) is 48.5 Å². The van der Waals surface area contributed by atoms with Crippen LogP contribution < -0.4 is 0 Å². The molecule has 21 heavy (non-hydrogen) atoms. The number of hydrogen-bond acceptors (Lipinski definition) is 4. The first kappa shape index (κ1) is 14.5. The summed E-state index contributed by atoms with van der Waals surface area (Å²) in [5, 5.41) is 10.9. The standard InChI is InChI=1S/C16H13NO4/c1-21-16(18)14-10-7-12(8-11-14)6-9-13-4-2-3-5-15(13)17(19)20/h2-11H,1H3/b9-6-. The van der Waals surface area contributed by atoms with E-state index < -0.39 is 10.9 Å². The van der Waals surface area contributed by atoms with Crippen molar-refractivity contribution in [1.82, 2.24) is 0 Å². The Labute approximate surface area is 121 Å². The second-order valence-electron chi connectivity index (χ2n) is 4.26. The molecular formula is C16H13NO4. The second-order valence-corrected chi connectivity index (χ2v) is 4.26. The van der Waals surface area contributed by atoms with E-state index in [9.17, 15) is 14.9 Å². The maximum atomic E-state index is 11.3. The first-order chi connectivity index (χ1) is 10.1. The van der Waals surface area contributed by atoms with Crippen molar-refractivity contribution in [3.8, 4) is 0 Å². The SMILES string of the molecule is COC(=O)c1ccc(/C=C\c2ccccc2[N+](=O)[O-])cc1. The molecule has 0 amide bonds. The molecule has 0 aromatic heterocycles. The van der Waals surface area contributed by atoms with Crippen molar-refractivity contribution in [1.29, 1.82) is 0 Å². The van der Waals surface area contributed by atoms with Gasteiger partial charge in [-0.1, -0.05) is 30.3 Å². The molecule has 0 unspecified atom stereocenters. The average Bonchev–Trinajstić information content (AvgIpc) is 2.52. The summed E-state index contributed by atoms with van der Waals surface area (Å²) in [6.45, 7) is 0. The number of rotatable bonds is 4. The van der Waals surface area contributed by atoms with Crippen molar-refractivity contribution >= 4 is 23.8 Å². The summed E-state index contributed by atoms with van der Waals surface area (Å²) >= 11 is 0. The molecule has 5 heteroatoms. The van der Waals surface area contributed by atoms with E-state index in [0.717, 1.165) is 5.56 Å². The number of carbonyl (C=O) groups excluding carboxylic acids is 1. The maximum Gasteiger partial charge on any atom is 0.337 e. The smallest absolute Gasteiger partial charge is 0.337 e. The first-order valence-electron chi connectivity index (χ1n) is 6.21. The fraction of sp³-hybridized carbons (Fsp3) is 0.0625. The Morgan fingerprint density at radius 3 is 2.38 bits per heavy atom. The molecule has 0 aliphatic heterocycles. The Morgan fingerprint density at radius 2 is 1.76 bits per heavy atom. The Bertz CT molecular complexity index is 690. The predicted octanol–water partition coefficient (Wildman–Crippen LogP) is 3.55. The van der Waals surface area contributed by atoms with E-state index in [0.29, 0.717) is 11.1 Å². The Morgan fingerprint density at radius 1 is 1.10 bits per heavy atom. The zero-order valence-corrected chi connectivity index (χ0v) is 11.4. The van der Waals surface area contributed by atoms with Gasteiger partial charge in [0.1, 0.15) is 0 Å². The molecule has 0 N–H and O–H groups in total. The molecule has 0 radical (unpaired) electrons. The molecule has 2 rings (SSSR count). The van der Waals surface area contributed by atoms with Crippen LogP contribution in [0.4, 0.5) is 5.69 Å². The van der Waals surface area contributed by atoms with Crippen LogP contribution in [-0.4, -0.2) is 18.0 Å². The van der Waals surface area contributed by atoms with Crippen LogP contribution in [-0.2, 0) is 4.74 Å². The van der Waals surface area contributed by atoms with Crippen molar-refractivity contribution in [2.45, 2.75) is 0 Å². The normalized spacial score (nSPS) is 10.5. The van der Waals surface area contributed by atoms with Gasteiger partial charge in [0.2, 0.25) is 0 Å². The number of nitrogens with zero attached hydrogens (tertiary/aromatic N) is 1. The third kappa shape index (κ3) is 3.54. The predicted molar refractivity (Wildman–Crippen MR) is 79.8 cm³/mol. The van der Waals surface area contributed by atoms with Crippen molar-refractivity contribution in [3.05, 3.63) is 75.3 Å². The molecule has 0 saturated carbocycles. The third-order valence-electron chi connectivity index (χ3n) is 2.92. The van der Waals surface area contributed by atoms with Crippen molar-refractivity contribution in [2.75, 3.05) is 7.11 Å². The summed E-state index contributed by atoms with van der Waals surface area (Å²) in [4.78, 5) is 21.8. The molecule has 0 fully saturated rings. The van der Waals surface area contributed by atoms with Crippen LogP contribution in [0.2, 0.25) is 0 Å². The number of ether oxygens (including phenoxy) is 1. The van der Waals surface area contributed by atoms with Crippen LogP contribution in [0.25, 0.3) is 12.2 Å². The van der Waals surface area contributed by atoms with Gasteiger partial charge in [-0.2, -0.15) is 0 Å². The van der Waals surface area contributed by atoms with Gasteiger partial charge in [-0.15, -0.1) is 0 Å². The summed E-state index contributed by atoms with van der Waals surface area (Å²) in [5.74, 6) is -0.399. The van der Waals surface area contributed by atoms with E-state index in [1.165, 1.54) is 13.2 Å². The van der Waals surface area contributed by atoms with Gasteiger partial charge in [0.25, 0.3) is 5.69 Å². The van der Waals surface area contributed by atoms with E-state index >= 15 is 0 Å². The lowest BCUT2D eigenvalue weighted by Crippen LogP contribution is -2.00. The zero-order chi connectivity index (χ0) is 15.2. The lowest BCUT2D eigenvalue weighted by Gasteiger charge is -2.00. The van der Waals surface area contributed by atoms with Gasteiger partial charge >= 0.3 is 5.97 Å². The maximum absolute atomic E-state index is 11.3. The fourth-order valence-electron chi connectivity index (χ4n) is 1.83. The Hall–Kier alpha value is -2.95. The van der Waals surface area contributed by atoms with E-state index in [-0.39, 0.29) is 5.69 Å². The number of nitro groups is 1. The number of esters is 1. The Balaban J connectivity index is 2.22. The molecule has 0 saturated heterocycles. The first-order valence-corrected chi connectivity index (χ1v) is 6.21. The number of benzene rings is 2. The summed E-state index contributed by atoms with van der Waals surface area (Å²) < 4.78 is 4.62. The molecule has 0 heterocycles. The van der Waals surface area contributed by atoms with Gasteiger partial charge in [0.15, 0.2) is 0 Å². The lowest BCUT2D eigenvalue weighted by atomic mass is 10.1. The number of para-hydroxylation sites is 1. The monoisotopic (exact) mass is 283 g/mol. The van der Waals surface area contributed by atoms with Crippen LogP contribution in [0, 0.1) is 10.1 Å². The van der Waals surface area contributed by atoms with Crippen molar-refractivity contribution in [2.24, 2.45) is 0 Å². The van der Waals surface area contributed by atoms with Crippen LogP contribution in [0.3, 0.4) is 0 Å². The summed E-state index contributed by atoms with van der Waals surface area (Å²) in [6.07, 6.45) is 3.43. The molecule has 0 atom stereocenters. The second kappa shape index (κ2) is 6.47. The minimum absolute atomic E-state index is 0.0555. The number of hydrogen-bond donors (Lipinski definition) is 0. The third-order valence-corrected chi connectivity index (χ3v) is 2.92. The lowest BCUT2D eigenvalue weighted by molar-refractivity contribution is -0.385. The molecule has 0 aliphatic carbocycles. The molecular weight excluding hydrogens is 270 g/mol. The summed E-state index contributed by atoms with van der Waals surface area (Å²) in [6, 6.07) is 13.3. The van der Waals surface area contributed by atoms with Gasteiger partial charge in [-0.25, -0.2) is 4.79 Å². The molecule has 2 aromatic rings. The van der Waals surface area contributed by atoms with Crippen molar-refractivity contribution in [3.63, 3.8) is 0 Å². The quantitative estimate of drug-likeness (QED) is 0.372. The summed E-state index contributed by atoms with van der Waals surface area (Å²) in [7, 11) is 1.32. The molecule has 0 spiro atoms. The summed E-state index contributed by atoms with van der Waals surface area (Å²) in [5.41, 5.74) is 1.88. The van der Waals surface area contributed by atoms with E-state index in [1.807, 2.05) is 0 Å². The van der Waals surface area contributed by atoms with Gasteiger partial charge in [-0.05, 0) is 29.8 Å². The van der Waals surface area contributed by atoms with E-state index in [1.54, 1.807) is 54.6 Å². The molecule has 0 aliphatic rings. The zero-order valence-electron chi connectivity index (χ0n) is 11.4. The van der Waals surface area contributed by atoms with Crippen molar-refractivity contribution < 1.29 is 14.5 Å². The fourth-order valence-corrected chi connectivity index (χ4v) is 1.83. The number of nitro benzene ring substituents is 1. The topological polar surface area (TPSA) is 69.4 Å². The molecule has 2 aromatic carbocycles. The average molecular weight is 283 g/mol. The molecule has 0 bridgehead atoms. The largest absolute Gasteiger partial charge is 0.465 e. The minimum Gasteiger partial charge on any atom is -0.465 e. The van der Waals surface area contributed by atoms with Crippen LogP contribution in [0.1, 0.15) is 21.5 Å². The number of carbonyl (C=O) groups is 1. The molecule has 106 valence electrons. The minimum atomic E-state index is -0.417. The molecule has 5 nitrogen and oxygen atoms in total. The van der Waals surface area contributed by atoms with E-state index in [4.69, 9.17) is 0 Å². The number of methoxy groups -OCH3 is 1. The highest BCUT2D eigenvalue weighted by molar-refractivity contribution is 5.89. The highest BCUT2D eigenvalue weighted by Gasteiger charge is 2.09. The van der Waals surface area contributed by atoms with Crippen LogP contribution >= 0.6 is 0 Å². The Kier molecular flexibility index (Phi) is 4.46. The highest BCUT2D eigenvalue weighted by atomic mass is 16.6. The van der Waals surface area contributed by atoms with Gasteiger partial charge < -0.3 is 4.74 Å². The van der Waals surface area contributed by atoms with Gasteiger partial charge in [-0.3, -0.25) is 10.1 Å². The highest BCUT2D eigenvalue weighted by Crippen LogP contribution is 2.20. The van der Waals surface area contributed by atoms with Gasteiger partial charge in [0.05, 0.1) is 23.2 Å². The van der Waals surface area contributed by atoms with Gasteiger partial charge in [0, 0.05) is 6.07 Å². The van der Waals surface area contributed by atoms with E-state index in [2.05, 4.69) is 4.74 Å².